The molecule has 0 spiro atoms. The monoisotopic (exact) mass is 398 g/mol. The average Bonchev–Trinajstić information content (AvgIpc) is 2.98. The fourth-order valence-corrected chi connectivity index (χ4v) is 3.33. The molecule has 2 unspecified atom stereocenters. The van der Waals surface area contributed by atoms with Crippen molar-refractivity contribution in [3.8, 4) is 36.0 Å². The Morgan fingerprint density at radius 1 is 1.38 bits per heavy atom. The van der Waals surface area contributed by atoms with Gasteiger partial charge in [0.15, 0.2) is 0 Å². The lowest BCUT2D eigenvalue weighted by atomic mass is 9.97. The molecule has 0 amide bonds. The number of nitrogens with one attached hydrogen (secondary N) is 1. The first kappa shape index (κ1) is 20.7. The summed E-state index contributed by atoms with van der Waals surface area (Å²) < 4.78 is 0. The largest absolute Gasteiger partial charge is 0.284 e. The van der Waals surface area contributed by atoms with Gasteiger partial charge < -0.3 is 0 Å². The van der Waals surface area contributed by atoms with Crippen LogP contribution in [0.15, 0.2) is 42.0 Å². The molecule has 0 saturated carbocycles. The molecule has 2 aliphatic carbocycles. The lowest BCUT2D eigenvalue weighted by Gasteiger charge is -2.11. The Kier molecular flexibility index (Phi) is 7.13. The molecule has 0 bridgehead atoms. The van der Waals surface area contributed by atoms with Crippen LogP contribution in [-0.4, -0.2) is 15.2 Å². The first-order valence-electron chi connectivity index (χ1n) is 9.73. The van der Waals surface area contributed by atoms with Gasteiger partial charge in [-0.05, 0) is 26.7 Å². The van der Waals surface area contributed by atoms with Gasteiger partial charge in [0.2, 0.25) is 5.82 Å². The van der Waals surface area contributed by atoms with Crippen molar-refractivity contribution in [1.29, 1.82) is 0 Å². The Balaban J connectivity index is 2.07. The SMILES string of the molecule is C#C/C(=C\C#CC)c1nc(C2C=CC=CC2)nc([C@H](C)C2=CCC(S)CC#C2)[nH+]1. The minimum Gasteiger partial charge on any atom is -0.243 e. The predicted octanol–water partition coefficient (Wildman–Crippen LogP) is 4.06. The highest BCUT2D eigenvalue weighted by molar-refractivity contribution is 7.81. The van der Waals surface area contributed by atoms with E-state index in [0.29, 0.717) is 11.4 Å². The van der Waals surface area contributed by atoms with E-state index in [1.165, 1.54) is 0 Å². The molecule has 1 aromatic heterocycles. The number of thiol groups is 1. The van der Waals surface area contributed by atoms with Gasteiger partial charge in [-0.3, -0.25) is 0 Å². The quantitative estimate of drug-likeness (QED) is 0.614. The molecule has 2 aliphatic rings. The minimum absolute atomic E-state index is 0.000953. The van der Waals surface area contributed by atoms with Gasteiger partial charge >= 0.3 is 0 Å². The molecule has 4 heteroatoms. The number of terminal acetylenes is 1. The maximum absolute atomic E-state index is 5.75. The van der Waals surface area contributed by atoms with Gasteiger partial charge in [0.25, 0.3) is 11.6 Å². The molecule has 0 radical (unpaired) electrons. The van der Waals surface area contributed by atoms with Crippen LogP contribution < -0.4 is 4.98 Å². The molecular formula is C25H24N3S+. The summed E-state index contributed by atoms with van der Waals surface area (Å²) in [6.45, 7) is 3.88. The van der Waals surface area contributed by atoms with Crippen LogP contribution in [-0.2, 0) is 0 Å². The topological polar surface area (TPSA) is 39.9 Å². The number of allylic oxidation sites excluding steroid dienone is 8. The van der Waals surface area contributed by atoms with Crippen molar-refractivity contribution in [2.45, 2.75) is 50.2 Å². The molecule has 1 N–H and O–H groups in total. The van der Waals surface area contributed by atoms with E-state index in [2.05, 4.69) is 72.4 Å². The van der Waals surface area contributed by atoms with Gasteiger partial charge in [0, 0.05) is 23.3 Å². The summed E-state index contributed by atoms with van der Waals surface area (Å²) in [5.74, 6) is 17.2. The Bertz CT molecular complexity index is 1060. The van der Waals surface area contributed by atoms with Crippen molar-refractivity contribution < 1.29 is 4.98 Å². The van der Waals surface area contributed by atoms with E-state index in [9.17, 15) is 0 Å². The van der Waals surface area contributed by atoms with Crippen LogP contribution in [0.5, 0.6) is 0 Å². The van der Waals surface area contributed by atoms with Crippen molar-refractivity contribution in [1.82, 2.24) is 9.97 Å². The second-order valence-corrected chi connectivity index (χ2v) is 7.70. The molecule has 3 atom stereocenters. The fourth-order valence-electron chi connectivity index (χ4n) is 3.13. The number of aromatic amines is 1. The highest BCUT2D eigenvalue weighted by atomic mass is 32.1. The third kappa shape index (κ3) is 5.29. The summed E-state index contributed by atoms with van der Waals surface area (Å²) >= 11 is 4.56. The number of hydrogen-bond donors (Lipinski definition) is 1. The number of hydrogen-bond acceptors (Lipinski definition) is 3. The van der Waals surface area contributed by atoms with Gasteiger partial charge in [-0.25, -0.2) is 4.98 Å². The van der Waals surface area contributed by atoms with Gasteiger partial charge in [-0.1, -0.05) is 64.0 Å². The van der Waals surface area contributed by atoms with Gasteiger partial charge in [0.05, 0.1) is 11.8 Å². The van der Waals surface area contributed by atoms with Crippen molar-refractivity contribution >= 4 is 18.2 Å². The van der Waals surface area contributed by atoms with Gasteiger partial charge in [-0.15, -0.1) is 12.3 Å². The third-order valence-corrected chi connectivity index (χ3v) is 5.24. The fraction of sp³-hybridized carbons (Fsp3) is 0.320. The molecular weight excluding hydrogens is 374 g/mol. The molecule has 3 rings (SSSR count). The number of nitrogens with zero attached hydrogens (tertiary/aromatic N) is 2. The highest BCUT2D eigenvalue weighted by Crippen LogP contribution is 2.26. The van der Waals surface area contributed by atoms with Gasteiger partial charge in [0.1, 0.15) is 5.57 Å². The van der Waals surface area contributed by atoms with Crippen LogP contribution in [0.1, 0.15) is 62.4 Å². The maximum Gasteiger partial charge on any atom is 0.284 e. The number of H-pyrrole nitrogens is 1. The van der Waals surface area contributed by atoms with Crippen molar-refractivity contribution in [2.24, 2.45) is 0 Å². The summed E-state index contributed by atoms with van der Waals surface area (Å²) in [7, 11) is 0. The van der Waals surface area contributed by atoms with Crippen molar-refractivity contribution in [3.05, 3.63) is 59.5 Å². The van der Waals surface area contributed by atoms with E-state index >= 15 is 0 Å². The molecule has 3 nitrogen and oxygen atoms in total. The van der Waals surface area contributed by atoms with Crippen LogP contribution in [0.2, 0.25) is 0 Å². The third-order valence-electron chi connectivity index (χ3n) is 4.85. The van der Waals surface area contributed by atoms with E-state index in [1.807, 2.05) is 12.2 Å². The zero-order valence-corrected chi connectivity index (χ0v) is 17.6. The minimum atomic E-state index is 0.000953. The smallest absolute Gasteiger partial charge is 0.243 e. The Morgan fingerprint density at radius 2 is 2.24 bits per heavy atom. The standard InChI is InChI=1S/C25H23N3S/c1-4-6-11-19(5-2)24-26-23(18(3)20-14-10-15-22(29)17-16-20)27-25(28-24)21-12-8-7-9-13-21/h2,7-9,11-12,16,18,21-22,29H,13,15,17H2,1,3H3/p+1/b19-11+/t18-,21?,22?/m1/s1. The van der Waals surface area contributed by atoms with Gasteiger partial charge in [-0.2, -0.15) is 12.6 Å². The van der Waals surface area contributed by atoms with Crippen LogP contribution in [0.25, 0.3) is 5.57 Å². The molecule has 1 heterocycles. The van der Waals surface area contributed by atoms with E-state index < -0.39 is 0 Å². The van der Waals surface area contributed by atoms with E-state index in [1.54, 1.807) is 13.0 Å². The molecule has 0 aromatic carbocycles. The Morgan fingerprint density at radius 3 is 2.97 bits per heavy atom. The van der Waals surface area contributed by atoms with Crippen LogP contribution in [0.3, 0.4) is 0 Å². The first-order chi connectivity index (χ1) is 14.1. The summed E-state index contributed by atoms with van der Waals surface area (Å²) in [5, 5.41) is 0.274. The molecule has 0 fully saturated rings. The van der Waals surface area contributed by atoms with Crippen LogP contribution >= 0.6 is 12.6 Å². The maximum atomic E-state index is 5.75. The second-order valence-electron chi connectivity index (χ2n) is 6.97. The first-order valence-corrected chi connectivity index (χ1v) is 10.2. The zero-order valence-electron chi connectivity index (χ0n) is 16.7. The summed E-state index contributed by atoms with van der Waals surface area (Å²) in [6, 6.07) is 0. The van der Waals surface area contributed by atoms with E-state index in [-0.39, 0.29) is 17.1 Å². The molecule has 144 valence electrons. The van der Waals surface area contributed by atoms with E-state index in [0.717, 1.165) is 36.5 Å². The zero-order chi connectivity index (χ0) is 20.6. The molecule has 0 aliphatic heterocycles. The Labute approximate surface area is 179 Å². The number of aromatic nitrogens is 3. The normalized spacial score (nSPS) is 21.6. The predicted molar refractivity (Wildman–Crippen MR) is 121 cm³/mol. The molecule has 29 heavy (non-hydrogen) atoms. The Hall–Kier alpha value is -3.00. The van der Waals surface area contributed by atoms with E-state index in [4.69, 9.17) is 16.4 Å². The van der Waals surface area contributed by atoms with Crippen molar-refractivity contribution in [3.63, 3.8) is 0 Å². The van der Waals surface area contributed by atoms with Crippen LogP contribution in [0, 0.1) is 36.0 Å². The number of rotatable bonds is 4. The summed E-state index contributed by atoms with van der Waals surface area (Å²) in [6.07, 6.45) is 20.5. The average molecular weight is 399 g/mol. The summed E-state index contributed by atoms with van der Waals surface area (Å²) in [5.41, 5.74) is 1.66. The molecule has 1 aromatic rings. The van der Waals surface area contributed by atoms with Crippen LogP contribution in [0.4, 0.5) is 0 Å². The summed E-state index contributed by atoms with van der Waals surface area (Å²) in [4.78, 5) is 13.0. The lowest BCUT2D eigenvalue weighted by molar-refractivity contribution is -0.405. The highest BCUT2D eigenvalue weighted by Gasteiger charge is 2.27. The molecule has 0 saturated heterocycles. The lowest BCUT2D eigenvalue weighted by Crippen LogP contribution is -2.26. The van der Waals surface area contributed by atoms with Crippen molar-refractivity contribution in [2.75, 3.05) is 0 Å². The second kappa shape index (κ2) is 9.97.